The summed E-state index contributed by atoms with van der Waals surface area (Å²) in [5, 5.41) is 10.5. The van der Waals surface area contributed by atoms with Crippen molar-refractivity contribution in [1.82, 2.24) is 14.5 Å². The number of ether oxygens (including phenoxy) is 2. The highest BCUT2D eigenvalue weighted by Crippen LogP contribution is 2.39. The molecule has 0 aliphatic carbocycles. The van der Waals surface area contributed by atoms with E-state index in [0.29, 0.717) is 6.54 Å². The average Bonchev–Trinajstić information content (AvgIpc) is 3.05. The molecule has 0 amide bonds. The first-order valence-electron chi connectivity index (χ1n) is 7.33. The fourth-order valence-corrected chi connectivity index (χ4v) is 2.99. The summed E-state index contributed by atoms with van der Waals surface area (Å²) in [7, 11) is 3.28. The molecule has 6 heteroatoms. The second kappa shape index (κ2) is 6.37. The lowest BCUT2D eigenvalue weighted by Crippen LogP contribution is -2.36. The number of methoxy groups -OCH3 is 2. The van der Waals surface area contributed by atoms with Gasteiger partial charge >= 0.3 is 0 Å². The van der Waals surface area contributed by atoms with E-state index >= 15 is 0 Å². The zero-order valence-electron chi connectivity index (χ0n) is 12.9. The van der Waals surface area contributed by atoms with E-state index in [4.69, 9.17) is 9.47 Å². The Labute approximate surface area is 129 Å². The predicted molar refractivity (Wildman–Crippen MR) is 82.0 cm³/mol. The van der Waals surface area contributed by atoms with Crippen LogP contribution < -0.4 is 9.47 Å². The summed E-state index contributed by atoms with van der Waals surface area (Å²) < 4.78 is 12.9. The first-order valence-corrected chi connectivity index (χ1v) is 7.33. The number of nitrogens with zero attached hydrogens (tertiary/aromatic N) is 3. The molecule has 0 spiro atoms. The molecule has 1 N–H and O–H groups in total. The summed E-state index contributed by atoms with van der Waals surface area (Å²) in [5.74, 6) is 1.51. The number of rotatable bonds is 5. The third kappa shape index (κ3) is 2.80. The largest absolute Gasteiger partial charge is 0.496 e. The van der Waals surface area contributed by atoms with E-state index < -0.39 is 6.10 Å². The fraction of sp³-hybridized carbons (Fsp3) is 0.438. The second-order valence-corrected chi connectivity index (χ2v) is 5.41. The number of hydrogen-bond donors (Lipinski definition) is 1. The molecule has 2 aromatic rings. The molecule has 1 atom stereocenters. The molecule has 22 heavy (non-hydrogen) atoms. The topological polar surface area (TPSA) is 59.8 Å². The van der Waals surface area contributed by atoms with Gasteiger partial charge in [0.25, 0.3) is 0 Å². The molecule has 1 aromatic carbocycles. The van der Waals surface area contributed by atoms with E-state index in [1.54, 1.807) is 26.7 Å². The van der Waals surface area contributed by atoms with Crippen molar-refractivity contribution in [2.45, 2.75) is 19.2 Å². The number of hydrogen-bond acceptors (Lipinski definition) is 5. The van der Waals surface area contributed by atoms with Gasteiger partial charge in [-0.1, -0.05) is 0 Å². The molecule has 3 rings (SSSR count). The zero-order valence-corrected chi connectivity index (χ0v) is 12.9. The Kier molecular flexibility index (Phi) is 4.31. The Morgan fingerprint density at radius 2 is 2.00 bits per heavy atom. The molecule has 0 radical (unpaired) electrons. The Bertz CT molecular complexity index is 628. The predicted octanol–water partition coefficient (Wildman–Crippen LogP) is 1.45. The molecule has 1 aliphatic rings. The molecular weight excluding hydrogens is 282 g/mol. The summed E-state index contributed by atoms with van der Waals surface area (Å²) in [6, 6.07) is 3.74. The third-order valence-corrected chi connectivity index (χ3v) is 4.09. The number of β-amino-alcohol motifs (C(OH)–C–C–N with tert-alkyl or cyclic N) is 1. The van der Waals surface area contributed by atoms with Gasteiger partial charge in [0.15, 0.2) is 0 Å². The van der Waals surface area contributed by atoms with Gasteiger partial charge in [-0.25, -0.2) is 4.98 Å². The van der Waals surface area contributed by atoms with Crippen LogP contribution >= 0.6 is 0 Å². The van der Waals surface area contributed by atoms with Crippen LogP contribution in [0.4, 0.5) is 0 Å². The van der Waals surface area contributed by atoms with E-state index in [1.165, 1.54) is 0 Å². The van der Waals surface area contributed by atoms with Gasteiger partial charge in [0, 0.05) is 49.7 Å². The molecule has 0 saturated carbocycles. The van der Waals surface area contributed by atoms with Crippen molar-refractivity contribution in [3.8, 4) is 11.5 Å². The normalized spacial score (nSPS) is 18.0. The maximum atomic E-state index is 10.5. The minimum Gasteiger partial charge on any atom is -0.496 e. The molecule has 2 heterocycles. The summed E-state index contributed by atoms with van der Waals surface area (Å²) >= 11 is 0. The van der Waals surface area contributed by atoms with E-state index in [9.17, 15) is 5.11 Å². The number of aromatic nitrogens is 2. The number of aliphatic hydroxyl groups excluding tert-OH is 1. The lowest BCUT2D eigenvalue weighted by Gasteiger charge is -2.34. The Balaban J connectivity index is 1.81. The molecule has 0 bridgehead atoms. The lowest BCUT2D eigenvalue weighted by atomic mass is 9.95. The highest BCUT2D eigenvalue weighted by molar-refractivity contribution is 5.51. The molecule has 0 fully saturated rings. The van der Waals surface area contributed by atoms with Gasteiger partial charge in [-0.2, -0.15) is 0 Å². The number of fused-ring (bicyclic) bond motifs is 1. The van der Waals surface area contributed by atoms with Crippen LogP contribution in [-0.2, 0) is 13.1 Å². The maximum absolute atomic E-state index is 10.5. The van der Waals surface area contributed by atoms with Crippen LogP contribution in [0.3, 0.4) is 0 Å². The van der Waals surface area contributed by atoms with Crippen LogP contribution in [0, 0.1) is 0 Å². The van der Waals surface area contributed by atoms with Gasteiger partial charge in [0.1, 0.15) is 11.5 Å². The molecule has 118 valence electrons. The first kappa shape index (κ1) is 14.9. The SMILES string of the molecule is COc1ccc(OC)c2c1CN(CCn1ccnc1)CC2O. The van der Waals surface area contributed by atoms with Crippen LogP contribution in [0.25, 0.3) is 0 Å². The van der Waals surface area contributed by atoms with Gasteiger partial charge < -0.3 is 19.1 Å². The van der Waals surface area contributed by atoms with Crippen LogP contribution in [0.2, 0.25) is 0 Å². The maximum Gasteiger partial charge on any atom is 0.125 e. The van der Waals surface area contributed by atoms with Crippen molar-refractivity contribution >= 4 is 0 Å². The van der Waals surface area contributed by atoms with Crippen LogP contribution in [-0.4, -0.2) is 46.9 Å². The Morgan fingerprint density at radius 1 is 1.23 bits per heavy atom. The highest BCUT2D eigenvalue weighted by Gasteiger charge is 2.29. The summed E-state index contributed by atoms with van der Waals surface area (Å²) in [4.78, 5) is 6.26. The lowest BCUT2D eigenvalue weighted by molar-refractivity contribution is 0.0863. The van der Waals surface area contributed by atoms with Crippen LogP contribution in [0.15, 0.2) is 30.9 Å². The number of imidazole rings is 1. The van der Waals surface area contributed by atoms with Crippen molar-refractivity contribution in [2.24, 2.45) is 0 Å². The van der Waals surface area contributed by atoms with Crippen molar-refractivity contribution in [1.29, 1.82) is 0 Å². The number of benzene rings is 1. The summed E-state index contributed by atoms with van der Waals surface area (Å²) in [6.07, 6.45) is 4.95. The Hall–Kier alpha value is -2.05. The second-order valence-electron chi connectivity index (χ2n) is 5.41. The van der Waals surface area contributed by atoms with Gasteiger partial charge in [-0.3, -0.25) is 4.90 Å². The van der Waals surface area contributed by atoms with Crippen LogP contribution in [0.5, 0.6) is 11.5 Å². The molecule has 1 unspecified atom stereocenters. The number of aliphatic hydroxyl groups is 1. The van der Waals surface area contributed by atoms with Crippen molar-refractivity contribution in [3.63, 3.8) is 0 Å². The van der Waals surface area contributed by atoms with Gasteiger partial charge in [0.05, 0.1) is 26.7 Å². The molecule has 0 saturated heterocycles. The molecule has 1 aliphatic heterocycles. The zero-order chi connectivity index (χ0) is 15.5. The third-order valence-electron chi connectivity index (χ3n) is 4.09. The van der Waals surface area contributed by atoms with E-state index in [-0.39, 0.29) is 0 Å². The van der Waals surface area contributed by atoms with Crippen molar-refractivity contribution < 1.29 is 14.6 Å². The van der Waals surface area contributed by atoms with E-state index in [1.807, 2.05) is 22.9 Å². The van der Waals surface area contributed by atoms with Gasteiger partial charge in [0.2, 0.25) is 0 Å². The Morgan fingerprint density at radius 3 is 2.68 bits per heavy atom. The van der Waals surface area contributed by atoms with Gasteiger partial charge in [-0.15, -0.1) is 0 Å². The monoisotopic (exact) mass is 303 g/mol. The first-order chi connectivity index (χ1) is 10.7. The van der Waals surface area contributed by atoms with Gasteiger partial charge in [-0.05, 0) is 12.1 Å². The standard InChI is InChI=1S/C16H21N3O3/c1-21-14-3-4-15(22-2)16-12(14)9-19(10-13(16)20)8-7-18-6-5-17-11-18/h3-6,11,13,20H,7-10H2,1-2H3. The molecule has 6 nitrogen and oxygen atoms in total. The fourth-order valence-electron chi connectivity index (χ4n) is 2.99. The van der Waals surface area contributed by atoms with Crippen molar-refractivity contribution in [2.75, 3.05) is 27.3 Å². The van der Waals surface area contributed by atoms with Crippen LogP contribution in [0.1, 0.15) is 17.2 Å². The molecule has 1 aromatic heterocycles. The summed E-state index contributed by atoms with van der Waals surface area (Å²) in [6.45, 7) is 3.01. The minimum atomic E-state index is -0.573. The smallest absolute Gasteiger partial charge is 0.125 e. The highest BCUT2D eigenvalue weighted by atomic mass is 16.5. The van der Waals surface area contributed by atoms with E-state index in [2.05, 4.69) is 9.88 Å². The van der Waals surface area contributed by atoms with Crippen molar-refractivity contribution in [3.05, 3.63) is 42.0 Å². The minimum absolute atomic E-state index is 0.573. The molecular formula is C16H21N3O3. The average molecular weight is 303 g/mol. The van der Waals surface area contributed by atoms with E-state index in [0.717, 1.165) is 42.3 Å². The summed E-state index contributed by atoms with van der Waals surface area (Å²) in [5.41, 5.74) is 1.85. The quantitative estimate of drug-likeness (QED) is 0.906.